The molecule has 0 radical (unpaired) electrons. The number of rotatable bonds is 1. The van der Waals surface area contributed by atoms with Crippen molar-refractivity contribution >= 4 is 0 Å². The standard InChI is InChI=1S/C15H15NO2/c1-9-10-2-6-18-14(10)12(15(8-16)4-5-15)11-3-7-17-13(9)11/h2-7H2,1H3. The molecule has 2 heterocycles. The third-order valence-electron chi connectivity index (χ3n) is 4.51. The van der Waals surface area contributed by atoms with Crippen LogP contribution in [0.15, 0.2) is 0 Å². The number of nitriles is 1. The van der Waals surface area contributed by atoms with Gasteiger partial charge < -0.3 is 9.47 Å². The van der Waals surface area contributed by atoms with Gasteiger partial charge >= 0.3 is 0 Å². The van der Waals surface area contributed by atoms with Crippen LogP contribution in [0.1, 0.15) is 35.1 Å². The Morgan fingerprint density at radius 1 is 1.06 bits per heavy atom. The summed E-state index contributed by atoms with van der Waals surface area (Å²) in [7, 11) is 0. The molecule has 4 rings (SSSR count). The molecule has 1 fully saturated rings. The SMILES string of the molecule is Cc1c2c(c(C3(C#N)CC3)c3c1OCC3)OCC2. The van der Waals surface area contributed by atoms with E-state index < -0.39 is 0 Å². The molecule has 1 saturated carbocycles. The highest BCUT2D eigenvalue weighted by Crippen LogP contribution is 2.57. The molecule has 1 aromatic rings. The molecule has 3 heteroatoms. The van der Waals surface area contributed by atoms with Crippen LogP contribution in [0.5, 0.6) is 11.5 Å². The molecule has 1 aromatic carbocycles. The van der Waals surface area contributed by atoms with Crippen LogP contribution in [-0.4, -0.2) is 13.2 Å². The van der Waals surface area contributed by atoms with Crippen molar-refractivity contribution in [1.82, 2.24) is 0 Å². The zero-order valence-electron chi connectivity index (χ0n) is 10.5. The normalized spacial score (nSPS) is 21.6. The van der Waals surface area contributed by atoms with Gasteiger partial charge in [-0.1, -0.05) is 0 Å². The number of hydrogen-bond acceptors (Lipinski definition) is 3. The Labute approximate surface area is 106 Å². The summed E-state index contributed by atoms with van der Waals surface area (Å²) in [5, 5.41) is 9.50. The Bertz CT molecular complexity index is 558. The largest absolute Gasteiger partial charge is 0.493 e. The smallest absolute Gasteiger partial charge is 0.128 e. The van der Waals surface area contributed by atoms with Gasteiger partial charge in [0.05, 0.1) is 24.7 Å². The summed E-state index contributed by atoms with van der Waals surface area (Å²) < 4.78 is 11.7. The van der Waals surface area contributed by atoms with E-state index in [1.807, 2.05) is 0 Å². The van der Waals surface area contributed by atoms with Gasteiger partial charge in [-0.15, -0.1) is 0 Å². The Morgan fingerprint density at radius 2 is 1.72 bits per heavy atom. The van der Waals surface area contributed by atoms with Gasteiger partial charge in [0, 0.05) is 29.5 Å². The number of fused-ring (bicyclic) bond motifs is 2. The average Bonchev–Trinajstić information content (AvgIpc) is 2.80. The van der Waals surface area contributed by atoms with Gasteiger partial charge in [-0.2, -0.15) is 5.26 Å². The third kappa shape index (κ3) is 1.09. The lowest BCUT2D eigenvalue weighted by Gasteiger charge is -2.18. The van der Waals surface area contributed by atoms with Crippen molar-refractivity contribution in [3.05, 3.63) is 22.3 Å². The molecular weight excluding hydrogens is 226 g/mol. The quantitative estimate of drug-likeness (QED) is 0.758. The molecule has 0 unspecified atom stereocenters. The molecule has 18 heavy (non-hydrogen) atoms. The van der Waals surface area contributed by atoms with Crippen LogP contribution in [0.4, 0.5) is 0 Å². The second-order valence-corrected chi connectivity index (χ2v) is 5.51. The first kappa shape index (κ1) is 10.3. The molecule has 3 nitrogen and oxygen atoms in total. The van der Waals surface area contributed by atoms with Gasteiger partial charge in [-0.25, -0.2) is 0 Å². The molecular formula is C15H15NO2. The Hall–Kier alpha value is -1.69. The summed E-state index contributed by atoms with van der Waals surface area (Å²) in [4.78, 5) is 0. The molecule has 0 N–H and O–H groups in total. The Kier molecular flexibility index (Phi) is 1.82. The van der Waals surface area contributed by atoms with Crippen LogP contribution in [0.2, 0.25) is 0 Å². The highest BCUT2D eigenvalue weighted by molar-refractivity contribution is 5.66. The fraction of sp³-hybridized carbons (Fsp3) is 0.533. The fourth-order valence-electron chi connectivity index (χ4n) is 3.39. The minimum atomic E-state index is -0.278. The summed E-state index contributed by atoms with van der Waals surface area (Å²) >= 11 is 0. The fourth-order valence-corrected chi connectivity index (χ4v) is 3.39. The van der Waals surface area contributed by atoms with Crippen molar-refractivity contribution in [2.45, 2.75) is 38.0 Å². The van der Waals surface area contributed by atoms with E-state index in [0.717, 1.165) is 56.0 Å². The first-order valence-corrected chi connectivity index (χ1v) is 6.62. The van der Waals surface area contributed by atoms with Crippen LogP contribution in [0, 0.1) is 18.3 Å². The van der Waals surface area contributed by atoms with E-state index in [1.54, 1.807) is 0 Å². The van der Waals surface area contributed by atoms with Gasteiger partial charge in [0.25, 0.3) is 0 Å². The first-order valence-electron chi connectivity index (χ1n) is 6.62. The van der Waals surface area contributed by atoms with Crippen molar-refractivity contribution in [1.29, 1.82) is 5.26 Å². The average molecular weight is 241 g/mol. The zero-order chi connectivity index (χ0) is 12.3. The number of hydrogen-bond donors (Lipinski definition) is 0. The van der Waals surface area contributed by atoms with Crippen molar-refractivity contribution in [3.8, 4) is 17.6 Å². The molecule has 0 bridgehead atoms. The van der Waals surface area contributed by atoms with E-state index in [2.05, 4.69) is 13.0 Å². The van der Waals surface area contributed by atoms with E-state index in [1.165, 1.54) is 16.7 Å². The third-order valence-corrected chi connectivity index (χ3v) is 4.51. The second-order valence-electron chi connectivity index (χ2n) is 5.51. The Balaban J connectivity index is 2.06. The van der Waals surface area contributed by atoms with Gasteiger partial charge in [-0.3, -0.25) is 0 Å². The summed E-state index contributed by atoms with van der Waals surface area (Å²) in [5.41, 5.74) is 4.63. The van der Waals surface area contributed by atoms with E-state index in [-0.39, 0.29) is 5.41 Å². The lowest BCUT2D eigenvalue weighted by molar-refractivity contribution is 0.351. The molecule has 0 spiro atoms. The minimum absolute atomic E-state index is 0.278. The zero-order valence-corrected chi connectivity index (χ0v) is 10.5. The minimum Gasteiger partial charge on any atom is -0.493 e. The molecule has 0 aromatic heterocycles. The number of nitrogens with zero attached hydrogens (tertiary/aromatic N) is 1. The lowest BCUT2D eigenvalue weighted by Crippen LogP contribution is -2.09. The van der Waals surface area contributed by atoms with Crippen LogP contribution in [0.25, 0.3) is 0 Å². The van der Waals surface area contributed by atoms with Gasteiger partial charge in [-0.05, 0) is 25.3 Å². The summed E-state index contributed by atoms with van der Waals surface area (Å²) in [6.07, 6.45) is 3.81. The van der Waals surface area contributed by atoms with Crippen LogP contribution in [-0.2, 0) is 18.3 Å². The van der Waals surface area contributed by atoms with Crippen LogP contribution in [0.3, 0.4) is 0 Å². The van der Waals surface area contributed by atoms with Crippen LogP contribution >= 0.6 is 0 Å². The maximum atomic E-state index is 9.50. The van der Waals surface area contributed by atoms with Crippen molar-refractivity contribution in [2.24, 2.45) is 0 Å². The predicted octanol–water partition coefficient (Wildman–Crippen LogP) is 2.42. The van der Waals surface area contributed by atoms with Crippen molar-refractivity contribution in [3.63, 3.8) is 0 Å². The number of benzene rings is 1. The topological polar surface area (TPSA) is 42.2 Å². The molecule has 2 aliphatic heterocycles. The monoisotopic (exact) mass is 241 g/mol. The maximum absolute atomic E-state index is 9.50. The van der Waals surface area contributed by atoms with Gasteiger partial charge in [0.15, 0.2) is 0 Å². The van der Waals surface area contributed by atoms with Gasteiger partial charge in [0.2, 0.25) is 0 Å². The van der Waals surface area contributed by atoms with Crippen LogP contribution < -0.4 is 9.47 Å². The second kappa shape index (κ2) is 3.20. The molecule has 1 aliphatic carbocycles. The molecule has 0 amide bonds. The number of ether oxygens (including phenoxy) is 2. The summed E-state index contributed by atoms with van der Waals surface area (Å²) in [6, 6.07) is 2.51. The summed E-state index contributed by atoms with van der Waals surface area (Å²) in [5.74, 6) is 2.05. The van der Waals surface area contributed by atoms with E-state index in [0.29, 0.717) is 0 Å². The molecule has 0 atom stereocenters. The highest BCUT2D eigenvalue weighted by Gasteiger charge is 2.50. The summed E-state index contributed by atoms with van der Waals surface area (Å²) in [6.45, 7) is 3.61. The molecule has 0 saturated heterocycles. The Morgan fingerprint density at radius 3 is 2.39 bits per heavy atom. The lowest BCUT2D eigenvalue weighted by atomic mass is 9.86. The van der Waals surface area contributed by atoms with E-state index in [9.17, 15) is 5.26 Å². The van der Waals surface area contributed by atoms with E-state index in [4.69, 9.17) is 9.47 Å². The molecule has 92 valence electrons. The van der Waals surface area contributed by atoms with E-state index >= 15 is 0 Å². The van der Waals surface area contributed by atoms with Crippen molar-refractivity contribution < 1.29 is 9.47 Å². The van der Waals surface area contributed by atoms with Crippen molar-refractivity contribution in [2.75, 3.05) is 13.2 Å². The first-order chi connectivity index (χ1) is 8.77. The molecule has 3 aliphatic rings. The van der Waals surface area contributed by atoms with Gasteiger partial charge in [0.1, 0.15) is 11.5 Å². The predicted molar refractivity (Wildman–Crippen MR) is 66.1 cm³/mol. The highest BCUT2D eigenvalue weighted by atomic mass is 16.5. The maximum Gasteiger partial charge on any atom is 0.128 e.